The fourth-order valence-electron chi connectivity index (χ4n) is 2.46. The van der Waals surface area contributed by atoms with E-state index in [0.717, 1.165) is 0 Å². The summed E-state index contributed by atoms with van der Waals surface area (Å²) >= 11 is 0. The predicted molar refractivity (Wildman–Crippen MR) is 79.8 cm³/mol. The number of carbonyl (C=O) groups is 1. The first-order valence-corrected chi connectivity index (χ1v) is 7.28. The van der Waals surface area contributed by atoms with Gasteiger partial charge in [-0.2, -0.15) is 0 Å². The zero-order valence-corrected chi connectivity index (χ0v) is 12.7. The van der Waals surface area contributed by atoms with Gasteiger partial charge < -0.3 is 35.2 Å². The first kappa shape index (κ1) is 17.6. The van der Waals surface area contributed by atoms with Gasteiger partial charge in [0.15, 0.2) is 5.72 Å². The maximum Gasteiger partial charge on any atom is 0.338 e. The molecule has 0 saturated carbocycles. The second kappa shape index (κ2) is 7.24. The fraction of sp³-hybridized carbons (Fsp3) is 0.533. The van der Waals surface area contributed by atoms with Gasteiger partial charge in [0.25, 0.3) is 0 Å². The van der Waals surface area contributed by atoms with Gasteiger partial charge in [0.2, 0.25) is 0 Å². The van der Waals surface area contributed by atoms with Crippen LogP contribution in [0.3, 0.4) is 0 Å². The highest BCUT2D eigenvalue weighted by atomic mass is 16.6. The van der Waals surface area contributed by atoms with E-state index < -0.39 is 43.2 Å². The van der Waals surface area contributed by atoms with Crippen LogP contribution in [0.1, 0.15) is 17.3 Å². The molecule has 0 aromatic heterocycles. The van der Waals surface area contributed by atoms with Crippen LogP contribution in [0.4, 0.5) is 5.69 Å². The summed E-state index contributed by atoms with van der Waals surface area (Å²) in [7, 11) is 0. The molecule has 5 N–H and O–H groups in total. The Hall–Kier alpha value is -1.71. The van der Waals surface area contributed by atoms with E-state index >= 15 is 0 Å². The SMILES string of the molecule is CCOC(=O)c1ccc(N[C@]2(CO)O[C@H](CO)[C@H](O)[C@@H]2O)cc1. The lowest BCUT2D eigenvalue weighted by molar-refractivity contribution is -0.0999. The number of nitrogens with one attached hydrogen (secondary N) is 1. The first-order valence-electron chi connectivity index (χ1n) is 7.28. The monoisotopic (exact) mass is 327 g/mol. The minimum Gasteiger partial charge on any atom is -0.462 e. The average Bonchev–Trinajstić information content (AvgIpc) is 2.81. The normalized spacial score (nSPS) is 30.2. The van der Waals surface area contributed by atoms with E-state index in [9.17, 15) is 20.1 Å². The standard InChI is InChI=1S/C15H21NO7/c1-2-22-14(21)9-3-5-10(6-4-9)16-15(8-18)13(20)12(19)11(7-17)23-15/h3-6,11-13,16-20H,2,7-8H2,1H3/t11-,12+,13+,15-/m1/s1. The molecule has 0 aliphatic carbocycles. The minimum absolute atomic E-state index is 0.271. The Morgan fingerprint density at radius 1 is 1.30 bits per heavy atom. The third-order valence-corrected chi connectivity index (χ3v) is 3.71. The molecule has 23 heavy (non-hydrogen) atoms. The molecule has 8 nitrogen and oxygen atoms in total. The Balaban J connectivity index is 2.15. The topological polar surface area (TPSA) is 128 Å². The molecule has 1 aliphatic heterocycles. The summed E-state index contributed by atoms with van der Waals surface area (Å²) < 4.78 is 10.3. The Morgan fingerprint density at radius 2 is 1.96 bits per heavy atom. The van der Waals surface area contributed by atoms with Gasteiger partial charge in [-0.15, -0.1) is 0 Å². The van der Waals surface area contributed by atoms with Crippen molar-refractivity contribution >= 4 is 11.7 Å². The quantitative estimate of drug-likeness (QED) is 0.424. The van der Waals surface area contributed by atoms with Crippen LogP contribution < -0.4 is 5.32 Å². The zero-order valence-electron chi connectivity index (χ0n) is 12.7. The van der Waals surface area contributed by atoms with Gasteiger partial charge in [-0.1, -0.05) is 0 Å². The third-order valence-electron chi connectivity index (χ3n) is 3.71. The number of carbonyl (C=O) groups excluding carboxylic acids is 1. The molecule has 1 aliphatic rings. The fourth-order valence-corrected chi connectivity index (χ4v) is 2.46. The van der Waals surface area contributed by atoms with Gasteiger partial charge in [0.1, 0.15) is 18.3 Å². The van der Waals surface area contributed by atoms with E-state index in [-0.39, 0.29) is 6.61 Å². The van der Waals surface area contributed by atoms with E-state index in [0.29, 0.717) is 11.3 Å². The summed E-state index contributed by atoms with van der Waals surface area (Å²) in [5.74, 6) is -0.455. The van der Waals surface area contributed by atoms with Crippen molar-refractivity contribution in [2.75, 3.05) is 25.1 Å². The molecule has 1 fully saturated rings. The summed E-state index contributed by atoms with van der Waals surface area (Å²) in [5.41, 5.74) is -0.827. The van der Waals surface area contributed by atoms with Crippen molar-refractivity contribution in [2.24, 2.45) is 0 Å². The van der Waals surface area contributed by atoms with Gasteiger partial charge in [0.05, 0.1) is 25.4 Å². The molecule has 0 radical (unpaired) electrons. The number of benzene rings is 1. The molecule has 0 spiro atoms. The van der Waals surface area contributed by atoms with Crippen LogP contribution >= 0.6 is 0 Å². The third kappa shape index (κ3) is 3.46. The lowest BCUT2D eigenvalue weighted by Crippen LogP contribution is -2.52. The van der Waals surface area contributed by atoms with E-state index in [4.69, 9.17) is 14.6 Å². The number of hydrogen-bond acceptors (Lipinski definition) is 8. The number of anilines is 1. The van der Waals surface area contributed by atoms with Crippen molar-refractivity contribution in [3.05, 3.63) is 29.8 Å². The molecule has 8 heteroatoms. The molecule has 1 saturated heterocycles. The van der Waals surface area contributed by atoms with Gasteiger partial charge in [-0.3, -0.25) is 0 Å². The number of rotatable bonds is 6. The van der Waals surface area contributed by atoms with E-state index in [1.807, 2.05) is 0 Å². The number of esters is 1. The number of hydrogen-bond donors (Lipinski definition) is 5. The Bertz CT molecular complexity index is 535. The molecular weight excluding hydrogens is 306 g/mol. The summed E-state index contributed by atoms with van der Waals surface area (Å²) in [5, 5.41) is 41.4. The molecule has 1 aromatic rings. The van der Waals surface area contributed by atoms with Gasteiger partial charge in [0, 0.05) is 5.69 Å². The predicted octanol–water partition coefficient (Wildman–Crippen LogP) is -0.923. The van der Waals surface area contributed by atoms with Crippen LogP contribution in [-0.2, 0) is 9.47 Å². The first-order chi connectivity index (χ1) is 11.0. The zero-order chi connectivity index (χ0) is 17.0. The molecular formula is C15H21NO7. The summed E-state index contributed by atoms with van der Waals surface area (Å²) in [6, 6.07) is 6.15. The van der Waals surface area contributed by atoms with Gasteiger partial charge in [-0.25, -0.2) is 4.79 Å². The molecule has 0 unspecified atom stereocenters. The summed E-state index contributed by atoms with van der Waals surface area (Å²) in [6.45, 7) is 0.859. The van der Waals surface area contributed by atoms with Crippen molar-refractivity contribution in [3.8, 4) is 0 Å². The highest BCUT2D eigenvalue weighted by molar-refractivity contribution is 5.89. The maximum atomic E-state index is 11.6. The highest BCUT2D eigenvalue weighted by Gasteiger charge is 2.54. The highest BCUT2D eigenvalue weighted by Crippen LogP contribution is 2.32. The molecule has 2 rings (SSSR count). The largest absolute Gasteiger partial charge is 0.462 e. The number of ether oxygens (including phenoxy) is 2. The van der Waals surface area contributed by atoms with Crippen molar-refractivity contribution in [1.29, 1.82) is 0 Å². The number of aliphatic hydroxyl groups excluding tert-OH is 4. The summed E-state index contributed by atoms with van der Waals surface area (Å²) in [6.07, 6.45) is -3.78. The lowest BCUT2D eigenvalue weighted by Gasteiger charge is -2.32. The molecule has 0 bridgehead atoms. The second-order valence-corrected chi connectivity index (χ2v) is 5.24. The Labute approximate surface area is 133 Å². The number of aliphatic hydroxyl groups is 4. The smallest absolute Gasteiger partial charge is 0.338 e. The van der Waals surface area contributed by atoms with Crippen LogP contribution in [0.5, 0.6) is 0 Å². The Morgan fingerprint density at radius 3 is 2.43 bits per heavy atom. The second-order valence-electron chi connectivity index (χ2n) is 5.24. The lowest BCUT2D eigenvalue weighted by atomic mass is 10.0. The van der Waals surface area contributed by atoms with Crippen LogP contribution in [0, 0.1) is 0 Å². The van der Waals surface area contributed by atoms with Crippen LogP contribution in [0.2, 0.25) is 0 Å². The van der Waals surface area contributed by atoms with Crippen molar-refractivity contribution < 1.29 is 34.7 Å². The molecule has 1 aromatic carbocycles. The van der Waals surface area contributed by atoms with E-state index in [2.05, 4.69) is 5.32 Å². The molecule has 0 amide bonds. The van der Waals surface area contributed by atoms with Crippen LogP contribution in [0.25, 0.3) is 0 Å². The van der Waals surface area contributed by atoms with Crippen LogP contribution in [0.15, 0.2) is 24.3 Å². The van der Waals surface area contributed by atoms with Gasteiger partial charge in [-0.05, 0) is 31.2 Å². The van der Waals surface area contributed by atoms with E-state index in [1.54, 1.807) is 19.1 Å². The van der Waals surface area contributed by atoms with Crippen molar-refractivity contribution in [2.45, 2.75) is 31.0 Å². The molecule has 128 valence electrons. The summed E-state index contributed by atoms with van der Waals surface area (Å²) in [4.78, 5) is 11.6. The van der Waals surface area contributed by atoms with Gasteiger partial charge >= 0.3 is 5.97 Å². The van der Waals surface area contributed by atoms with E-state index in [1.165, 1.54) is 12.1 Å². The molecule has 4 atom stereocenters. The Kier molecular flexibility index (Phi) is 5.55. The van der Waals surface area contributed by atoms with Crippen molar-refractivity contribution in [1.82, 2.24) is 0 Å². The maximum absolute atomic E-state index is 11.6. The van der Waals surface area contributed by atoms with Crippen molar-refractivity contribution in [3.63, 3.8) is 0 Å². The minimum atomic E-state index is -1.64. The van der Waals surface area contributed by atoms with Crippen LogP contribution in [-0.4, -0.2) is 70.3 Å². The average molecular weight is 327 g/mol. The molecule has 1 heterocycles.